The summed E-state index contributed by atoms with van der Waals surface area (Å²) >= 11 is 0. The van der Waals surface area contributed by atoms with Gasteiger partial charge in [0, 0.05) is 12.4 Å². The number of rotatable bonds is 2. The Labute approximate surface area is 122 Å². The number of aromatic nitrogens is 2. The minimum absolute atomic E-state index is 1.18. The highest BCUT2D eigenvalue weighted by atomic mass is 14.8. The van der Waals surface area contributed by atoms with Crippen LogP contribution in [-0.4, -0.2) is 9.97 Å². The van der Waals surface area contributed by atoms with Crippen LogP contribution in [0.5, 0.6) is 0 Å². The van der Waals surface area contributed by atoms with Crippen molar-refractivity contribution in [3.63, 3.8) is 0 Å². The van der Waals surface area contributed by atoms with E-state index >= 15 is 0 Å². The summed E-state index contributed by atoms with van der Waals surface area (Å²) in [5.74, 6) is 0. The summed E-state index contributed by atoms with van der Waals surface area (Å²) in [7, 11) is 0. The highest BCUT2D eigenvalue weighted by molar-refractivity contribution is 4.86. The SMILES string of the molecule is C=C(C)CCC.CC.CC.CCC.c1cncnc1. The van der Waals surface area contributed by atoms with Crippen molar-refractivity contribution in [1.82, 2.24) is 9.97 Å². The predicted molar refractivity (Wildman–Crippen MR) is 90.4 cm³/mol. The van der Waals surface area contributed by atoms with Gasteiger partial charge in [-0.25, -0.2) is 9.97 Å². The van der Waals surface area contributed by atoms with E-state index in [4.69, 9.17) is 0 Å². The van der Waals surface area contributed by atoms with Crippen molar-refractivity contribution in [3.05, 3.63) is 36.9 Å². The largest absolute Gasteiger partial charge is 0.245 e. The number of hydrogen-bond acceptors (Lipinski definition) is 2. The fourth-order valence-electron chi connectivity index (χ4n) is 0.680. The van der Waals surface area contributed by atoms with E-state index in [0.717, 1.165) is 0 Å². The summed E-state index contributed by atoms with van der Waals surface area (Å²) in [6.07, 6.45) is 8.54. The first-order valence-electron chi connectivity index (χ1n) is 7.53. The van der Waals surface area contributed by atoms with Crippen LogP contribution >= 0.6 is 0 Å². The molecular formula is C17H36N2. The quantitative estimate of drug-likeness (QED) is 0.587. The lowest BCUT2D eigenvalue weighted by Gasteiger charge is -1.87. The molecular weight excluding hydrogens is 232 g/mol. The molecule has 1 aromatic heterocycles. The fourth-order valence-corrected chi connectivity index (χ4v) is 0.680. The summed E-state index contributed by atoms with van der Waals surface area (Å²) < 4.78 is 0. The molecule has 114 valence electrons. The predicted octanol–water partition coefficient (Wildman–Crippen LogP) is 6.31. The third-order valence-corrected chi connectivity index (χ3v) is 1.15. The van der Waals surface area contributed by atoms with Crippen LogP contribution in [0.25, 0.3) is 0 Å². The van der Waals surface area contributed by atoms with E-state index in [2.05, 4.69) is 44.2 Å². The molecule has 0 atom stereocenters. The molecule has 0 aliphatic heterocycles. The molecule has 0 aromatic carbocycles. The molecule has 0 unspecified atom stereocenters. The summed E-state index contributed by atoms with van der Waals surface area (Å²) in [6, 6.07) is 1.78. The minimum atomic E-state index is 1.18. The topological polar surface area (TPSA) is 25.8 Å². The molecule has 1 rings (SSSR count). The number of allylic oxidation sites excluding steroid dienone is 1. The molecule has 2 heteroatoms. The first-order valence-corrected chi connectivity index (χ1v) is 7.53. The Morgan fingerprint density at radius 3 is 1.37 bits per heavy atom. The van der Waals surface area contributed by atoms with E-state index in [1.165, 1.54) is 31.2 Å². The van der Waals surface area contributed by atoms with Gasteiger partial charge >= 0.3 is 0 Å². The normalized spacial score (nSPS) is 6.74. The summed E-state index contributed by atoms with van der Waals surface area (Å²) in [5, 5.41) is 0. The minimum Gasteiger partial charge on any atom is -0.245 e. The molecule has 0 saturated carbocycles. The van der Waals surface area contributed by atoms with Crippen molar-refractivity contribution in [2.24, 2.45) is 0 Å². The van der Waals surface area contributed by atoms with Crippen molar-refractivity contribution >= 4 is 0 Å². The number of hydrogen-bond donors (Lipinski definition) is 0. The van der Waals surface area contributed by atoms with Crippen molar-refractivity contribution in [3.8, 4) is 0 Å². The van der Waals surface area contributed by atoms with Gasteiger partial charge in [-0.15, -0.1) is 6.58 Å². The van der Waals surface area contributed by atoms with Crippen molar-refractivity contribution < 1.29 is 0 Å². The molecule has 1 aromatic rings. The molecule has 2 nitrogen and oxygen atoms in total. The molecule has 0 saturated heterocycles. The molecule has 0 amide bonds. The van der Waals surface area contributed by atoms with Crippen molar-refractivity contribution in [2.75, 3.05) is 0 Å². The third kappa shape index (κ3) is 60.4. The maximum Gasteiger partial charge on any atom is 0.115 e. The Balaban J connectivity index is -0.0000000817. The summed E-state index contributed by atoms with van der Waals surface area (Å²) in [4.78, 5) is 7.35. The molecule has 0 N–H and O–H groups in total. The van der Waals surface area contributed by atoms with Gasteiger partial charge in [0.05, 0.1) is 0 Å². The fraction of sp³-hybridized carbons (Fsp3) is 0.647. The van der Waals surface area contributed by atoms with Gasteiger partial charge in [-0.2, -0.15) is 0 Å². The summed E-state index contributed by atoms with van der Waals surface area (Å²) in [5.41, 5.74) is 1.29. The molecule has 0 aliphatic rings. The zero-order valence-electron chi connectivity index (χ0n) is 14.5. The molecule has 0 fully saturated rings. The van der Waals surface area contributed by atoms with E-state index in [9.17, 15) is 0 Å². The lowest BCUT2D eigenvalue weighted by Crippen LogP contribution is -1.66. The van der Waals surface area contributed by atoms with Crippen LogP contribution in [0.2, 0.25) is 0 Å². The molecule has 0 radical (unpaired) electrons. The van der Waals surface area contributed by atoms with Crippen LogP contribution in [-0.2, 0) is 0 Å². The maximum absolute atomic E-state index is 3.74. The van der Waals surface area contributed by atoms with Gasteiger partial charge in [0.25, 0.3) is 0 Å². The second kappa shape index (κ2) is 36.0. The van der Waals surface area contributed by atoms with E-state index in [1.54, 1.807) is 18.5 Å². The standard InChI is InChI=1S/C6H12.C4H4N2.C3H8.2C2H6/c1-4-5-6(2)3;1-2-5-4-6-3-1;1-3-2;2*1-2/h2,4-5H2,1,3H3;1-4H;3H2,1-2H3;2*1-2H3. The lowest BCUT2D eigenvalue weighted by molar-refractivity contribution is 0.910. The van der Waals surface area contributed by atoms with Crippen LogP contribution in [0, 0.1) is 0 Å². The van der Waals surface area contributed by atoms with Gasteiger partial charge in [-0.05, 0) is 19.4 Å². The van der Waals surface area contributed by atoms with Crippen LogP contribution in [0.1, 0.15) is 74.7 Å². The molecule has 1 heterocycles. The highest BCUT2D eigenvalue weighted by Crippen LogP contribution is 1.96. The Morgan fingerprint density at radius 2 is 1.32 bits per heavy atom. The molecule has 0 bridgehead atoms. The average Bonchev–Trinajstić information content (AvgIpc) is 2.46. The third-order valence-electron chi connectivity index (χ3n) is 1.15. The Kier molecular flexibility index (Phi) is 50.0. The van der Waals surface area contributed by atoms with E-state index in [-0.39, 0.29) is 0 Å². The number of nitrogens with zero attached hydrogens (tertiary/aromatic N) is 2. The molecule has 0 aliphatic carbocycles. The molecule has 19 heavy (non-hydrogen) atoms. The maximum atomic E-state index is 3.74. The second-order valence-electron chi connectivity index (χ2n) is 3.32. The zero-order valence-corrected chi connectivity index (χ0v) is 14.5. The molecule has 0 spiro atoms. The monoisotopic (exact) mass is 268 g/mol. The van der Waals surface area contributed by atoms with Gasteiger partial charge in [-0.1, -0.05) is 66.9 Å². The van der Waals surface area contributed by atoms with Crippen molar-refractivity contribution in [1.29, 1.82) is 0 Å². The highest BCUT2D eigenvalue weighted by Gasteiger charge is 1.76. The van der Waals surface area contributed by atoms with Gasteiger partial charge in [0.15, 0.2) is 0 Å². The first kappa shape index (κ1) is 26.4. The van der Waals surface area contributed by atoms with Crippen molar-refractivity contribution in [2.45, 2.75) is 74.7 Å². The van der Waals surface area contributed by atoms with E-state index < -0.39 is 0 Å². The summed E-state index contributed by atoms with van der Waals surface area (Å²) in [6.45, 7) is 20.2. The van der Waals surface area contributed by atoms with Gasteiger partial charge in [0.1, 0.15) is 6.33 Å². The van der Waals surface area contributed by atoms with E-state index in [0.29, 0.717) is 0 Å². The van der Waals surface area contributed by atoms with Crippen LogP contribution in [0.4, 0.5) is 0 Å². The Morgan fingerprint density at radius 1 is 0.947 bits per heavy atom. The average molecular weight is 268 g/mol. The van der Waals surface area contributed by atoms with E-state index in [1.807, 2.05) is 27.7 Å². The van der Waals surface area contributed by atoms with Gasteiger partial charge in [-0.3, -0.25) is 0 Å². The Bertz CT molecular complexity index is 181. The Hall–Kier alpha value is -1.18. The van der Waals surface area contributed by atoms with Crippen LogP contribution in [0.3, 0.4) is 0 Å². The van der Waals surface area contributed by atoms with Gasteiger partial charge < -0.3 is 0 Å². The first-order chi connectivity index (χ1) is 9.18. The van der Waals surface area contributed by atoms with Crippen LogP contribution < -0.4 is 0 Å². The zero-order chi connectivity index (χ0) is 15.9. The second-order valence-corrected chi connectivity index (χ2v) is 3.32. The van der Waals surface area contributed by atoms with Crippen LogP contribution in [0.15, 0.2) is 36.9 Å². The lowest BCUT2D eigenvalue weighted by atomic mass is 10.2. The van der Waals surface area contributed by atoms with Gasteiger partial charge in [0.2, 0.25) is 0 Å². The smallest absolute Gasteiger partial charge is 0.115 e.